The van der Waals surface area contributed by atoms with E-state index in [2.05, 4.69) is 43.1 Å². The van der Waals surface area contributed by atoms with Crippen LogP contribution < -0.4 is 14.4 Å². The van der Waals surface area contributed by atoms with Crippen LogP contribution in [0.25, 0.3) is 11.6 Å². The van der Waals surface area contributed by atoms with Crippen LogP contribution in [0.4, 0.5) is 5.00 Å². The second-order valence-electron chi connectivity index (χ2n) is 6.14. The van der Waals surface area contributed by atoms with Crippen LogP contribution in [0.5, 0.6) is 11.5 Å². The highest BCUT2D eigenvalue weighted by molar-refractivity contribution is 7.17. The minimum atomic E-state index is 0.593. The highest BCUT2D eigenvalue weighted by atomic mass is 32.1. The van der Waals surface area contributed by atoms with Crippen molar-refractivity contribution in [3.63, 3.8) is 0 Å². The van der Waals surface area contributed by atoms with Crippen molar-refractivity contribution < 1.29 is 9.47 Å². The summed E-state index contributed by atoms with van der Waals surface area (Å²) in [6, 6.07) is 11.9. The van der Waals surface area contributed by atoms with Crippen LogP contribution in [0.1, 0.15) is 10.4 Å². The van der Waals surface area contributed by atoms with E-state index in [9.17, 15) is 5.26 Å². The fraction of sp³-hybridized carbons (Fsp3) is 0.350. The number of nitriles is 1. The molecule has 6 heteroatoms. The van der Waals surface area contributed by atoms with Crippen molar-refractivity contribution in [1.82, 2.24) is 4.90 Å². The lowest BCUT2D eigenvalue weighted by atomic mass is 10.1. The van der Waals surface area contributed by atoms with Crippen LogP contribution in [-0.4, -0.2) is 53.4 Å². The number of nitrogens with zero attached hydrogens (tertiary/aromatic N) is 3. The number of thiophene rings is 1. The van der Waals surface area contributed by atoms with Gasteiger partial charge >= 0.3 is 0 Å². The molecular weight excluding hydrogens is 346 g/mol. The molecule has 0 atom stereocenters. The van der Waals surface area contributed by atoms with Gasteiger partial charge in [0.15, 0.2) is 11.5 Å². The van der Waals surface area contributed by atoms with Gasteiger partial charge in [0.1, 0.15) is 0 Å². The molecule has 0 aliphatic rings. The van der Waals surface area contributed by atoms with Crippen LogP contribution in [-0.2, 0) is 0 Å². The molecule has 138 valence electrons. The molecule has 0 amide bonds. The van der Waals surface area contributed by atoms with Gasteiger partial charge in [-0.15, -0.1) is 11.3 Å². The third-order valence-electron chi connectivity index (χ3n) is 3.97. The molecule has 1 aromatic carbocycles. The fourth-order valence-corrected chi connectivity index (χ4v) is 3.35. The van der Waals surface area contributed by atoms with Crippen LogP contribution >= 0.6 is 11.3 Å². The van der Waals surface area contributed by atoms with Gasteiger partial charge in [-0.05, 0) is 56.1 Å². The van der Waals surface area contributed by atoms with Crippen molar-refractivity contribution in [2.75, 3.05) is 53.4 Å². The van der Waals surface area contributed by atoms with Gasteiger partial charge in [-0.3, -0.25) is 0 Å². The topological polar surface area (TPSA) is 48.7 Å². The Bertz CT molecular complexity index is 806. The second-order valence-corrected chi connectivity index (χ2v) is 7.23. The predicted molar refractivity (Wildman–Crippen MR) is 109 cm³/mol. The molecule has 0 radical (unpaired) electrons. The van der Waals surface area contributed by atoms with Gasteiger partial charge < -0.3 is 19.3 Å². The molecular formula is C20H25N3O2S. The highest BCUT2D eigenvalue weighted by Gasteiger charge is 2.10. The zero-order chi connectivity index (χ0) is 19.1. The maximum absolute atomic E-state index is 9.59. The van der Waals surface area contributed by atoms with E-state index < -0.39 is 0 Å². The lowest BCUT2D eigenvalue weighted by molar-refractivity contribution is 0.355. The van der Waals surface area contributed by atoms with Crippen molar-refractivity contribution in [1.29, 1.82) is 5.26 Å². The summed E-state index contributed by atoms with van der Waals surface area (Å²) in [5, 5.41) is 10.8. The van der Waals surface area contributed by atoms with Crippen molar-refractivity contribution in [2.24, 2.45) is 0 Å². The van der Waals surface area contributed by atoms with Crippen molar-refractivity contribution in [2.45, 2.75) is 0 Å². The van der Waals surface area contributed by atoms with E-state index in [0.29, 0.717) is 17.1 Å². The second kappa shape index (κ2) is 9.27. The van der Waals surface area contributed by atoms with Crippen molar-refractivity contribution >= 4 is 28.0 Å². The van der Waals surface area contributed by atoms with E-state index in [1.807, 2.05) is 30.3 Å². The zero-order valence-electron chi connectivity index (χ0n) is 15.9. The Morgan fingerprint density at radius 1 is 1.08 bits per heavy atom. The first kappa shape index (κ1) is 19.8. The van der Waals surface area contributed by atoms with E-state index in [1.165, 1.54) is 5.00 Å². The average Bonchev–Trinajstić information content (AvgIpc) is 3.12. The largest absolute Gasteiger partial charge is 0.493 e. The van der Waals surface area contributed by atoms with Crippen LogP contribution in [0.15, 0.2) is 30.3 Å². The van der Waals surface area contributed by atoms with Gasteiger partial charge in [0.25, 0.3) is 0 Å². The third kappa shape index (κ3) is 5.01. The lowest BCUT2D eigenvalue weighted by Gasteiger charge is -2.19. The van der Waals surface area contributed by atoms with E-state index in [1.54, 1.807) is 25.6 Å². The number of ether oxygens (including phenoxy) is 2. The molecule has 2 rings (SSSR count). The van der Waals surface area contributed by atoms with Gasteiger partial charge in [0.2, 0.25) is 0 Å². The molecule has 0 N–H and O–H groups in total. The predicted octanol–water partition coefficient (Wildman–Crippen LogP) is 3.83. The SMILES string of the molecule is COc1ccc(C(C#N)=Cc2ccc(N(C)CCN(C)C)s2)cc1OC. The Labute approximate surface area is 159 Å². The lowest BCUT2D eigenvalue weighted by Crippen LogP contribution is -2.27. The van der Waals surface area contributed by atoms with E-state index in [-0.39, 0.29) is 0 Å². The van der Waals surface area contributed by atoms with Crippen molar-refractivity contribution in [3.8, 4) is 17.6 Å². The number of methoxy groups -OCH3 is 2. The number of allylic oxidation sites excluding steroid dienone is 1. The maximum atomic E-state index is 9.59. The van der Waals surface area contributed by atoms with Gasteiger partial charge in [0, 0.05) is 25.0 Å². The molecule has 5 nitrogen and oxygen atoms in total. The molecule has 26 heavy (non-hydrogen) atoms. The van der Waals surface area contributed by atoms with Gasteiger partial charge in [0.05, 0.1) is 30.9 Å². The summed E-state index contributed by atoms with van der Waals surface area (Å²) in [4.78, 5) is 5.43. The van der Waals surface area contributed by atoms with Crippen LogP contribution in [0.2, 0.25) is 0 Å². The summed E-state index contributed by atoms with van der Waals surface area (Å²) in [6.45, 7) is 1.95. The Morgan fingerprint density at radius 3 is 2.42 bits per heavy atom. The zero-order valence-corrected chi connectivity index (χ0v) is 16.8. The Hall–Kier alpha value is -2.49. The minimum absolute atomic E-state index is 0.593. The Morgan fingerprint density at radius 2 is 1.81 bits per heavy atom. The molecule has 0 saturated heterocycles. The van der Waals surface area contributed by atoms with Gasteiger partial charge in [-0.25, -0.2) is 0 Å². The first-order chi connectivity index (χ1) is 12.5. The number of anilines is 1. The summed E-state index contributed by atoms with van der Waals surface area (Å²) >= 11 is 1.67. The third-order valence-corrected chi connectivity index (χ3v) is 5.12. The number of hydrogen-bond donors (Lipinski definition) is 0. The molecule has 0 unspecified atom stereocenters. The highest BCUT2D eigenvalue weighted by Crippen LogP contribution is 2.32. The molecule has 0 saturated carbocycles. The summed E-state index contributed by atoms with van der Waals surface area (Å²) in [6.07, 6.45) is 1.91. The normalized spacial score (nSPS) is 11.3. The summed E-state index contributed by atoms with van der Waals surface area (Å²) in [5.74, 6) is 1.26. The molecule has 0 bridgehead atoms. The molecule has 0 aliphatic heterocycles. The number of rotatable bonds is 8. The number of likely N-dealkylation sites (N-methyl/N-ethyl adjacent to an activating group) is 2. The van der Waals surface area contributed by atoms with E-state index in [4.69, 9.17) is 9.47 Å². The molecule has 2 aromatic rings. The Kier molecular flexibility index (Phi) is 7.07. The molecule has 0 fully saturated rings. The standard InChI is InChI=1S/C20H25N3O2S/c1-22(2)10-11-23(3)20-9-7-17(26-20)12-16(14-21)15-6-8-18(24-4)19(13-15)25-5/h6-9,12-13H,10-11H2,1-5H3. The van der Waals surface area contributed by atoms with Gasteiger partial charge in [-0.2, -0.15) is 5.26 Å². The molecule has 1 aromatic heterocycles. The Balaban J connectivity index is 2.23. The van der Waals surface area contributed by atoms with Crippen LogP contribution in [0.3, 0.4) is 0 Å². The first-order valence-electron chi connectivity index (χ1n) is 8.28. The number of benzene rings is 1. The molecule has 1 heterocycles. The summed E-state index contributed by atoms with van der Waals surface area (Å²) in [7, 11) is 9.41. The van der Waals surface area contributed by atoms with E-state index >= 15 is 0 Å². The molecule has 0 aliphatic carbocycles. The van der Waals surface area contributed by atoms with E-state index in [0.717, 1.165) is 23.5 Å². The summed E-state index contributed by atoms with van der Waals surface area (Å²) in [5.41, 5.74) is 1.40. The fourth-order valence-electron chi connectivity index (χ4n) is 2.41. The van der Waals surface area contributed by atoms with Crippen molar-refractivity contribution in [3.05, 3.63) is 40.8 Å². The monoisotopic (exact) mass is 371 g/mol. The minimum Gasteiger partial charge on any atom is -0.493 e. The number of hydrogen-bond acceptors (Lipinski definition) is 6. The van der Waals surface area contributed by atoms with Gasteiger partial charge in [-0.1, -0.05) is 0 Å². The molecule has 0 spiro atoms. The smallest absolute Gasteiger partial charge is 0.161 e. The first-order valence-corrected chi connectivity index (χ1v) is 9.10. The quantitative estimate of drug-likeness (QED) is 0.660. The average molecular weight is 372 g/mol. The maximum Gasteiger partial charge on any atom is 0.161 e. The summed E-state index contributed by atoms with van der Waals surface area (Å²) < 4.78 is 10.6. The van der Waals surface area contributed by atoms with Crippen LogP contribution in [0, 0.1) is 11.3 Å².